The van der Waals surface area contributed by atoms with Crippen LogP contribution in [0.5, 0.6) is 5.75 Å². The summed E-state index contributed by atoms with van der Waals surface area (Å²) in [6.07, 6.45) is 2.57. The molecule has 74 valence electrons. The molecule has 1 saturated carbocycles. The third-order valence-electron chi connectivity index (χ3n) is 3.53. The third kappa shape index (κ3) is 1.07. The number of phenolic OH excluding ortho intramolecular Hbond substituents is 1. The molecule has 1 aliphatic heterocycles. The Balaban J connectivity index is 2.13. The Morgan fingerprint density at radius 3 is 2.86 bits per heavy atom. The summed E-state index contributed by atoms with van der Waals surface area (Å²) in [7, 11) is 2.18. The summed E-state index contributed by atoms with van der Waals surface area (Å²) < 4.78 is 0. The summed E-state index contributed by atoms with van der Waals surface area (Å²) in [6.45, 7) is 2.18. The fourth-order valence-electron chi connectivity index (χ4n) is 2.72. The highest BCUT2D eigenvalue weighted by atomic mass is 16.3. The molecule has 1 heterocycles. The van der Waals surface area contributed by atoms with Gasteiger partial charge in [-0.3, -0.25) is 0 Å². The first-order valence-electron chi connectivity index (χ1n) is 5.21. The van der Waals surface area contributed by atoms with Gasteiger partial charge in [0.15, 0.2) is 0 Å². The Morgan fingerprint density at radius 2 is 2.14 bits per heavy atom. The fourth-order valence-corrected chi connectivity index (χ4v) is 2.72. The number of benzene rings is 1. The van der Waals surface area contributed by atoms with Gasteiger partial charge in [-0.15, -0.1) is 0 Å². The number of aromatic hydroxyl groups is 1. The summed E-state index contributed by atoms with van der Waals surface area (Å²) in [5.74, 6) is 0.416. The largest absolute Gasteiger partial charge is 0.508 e. The molecular weight excluding hydrogens is 174 g/mol. The minimum absolute atomic E-state index is 0.390. The van der Waals surface area contributed by atoms with E-state index in [2.05, 4.69) is 18.0 Å². The van der Waals surface area contributed by atoms with Crippen molar-refractivity contribution in [1.82, 2.24) is 4.90 Å². The summed E-state index contributed by atoms with van der Waals surface area (Å²) in [5, 5.41) is 9.50. The van der Waals surface area contributed by atoms with Crippen LogP contribution in [0.4, 0.5) is 0 Å². The van der Waals surface area contributed by atoms with Gasteiger partial charge in [-0.25, -0.2) is 0 Å². The van der Waals surface area contributed by atoms with E-state index >= 15 is 0 Å². The SMILES string of the molecule is CN1Cc2ccc(O)cc2C2(CC2)C1. The van der Waals surface area contributed by atoms with Gasteiger partial charge in [-0.2, -0.15) is 0 Å². The minimum atomic E-state index is 0.390. The minimum Gasteiger partial charge on any atom is -0.508 e. The highest BCUT2D eigenvalue weighted by Gasteiger charge is 2.48. The molecule has 14 heavy (non-hydrogen) atoms. The second kappa shape index (κ2) is 2.51. The summed E-state index contributed by atoms with van der Waals surface area (Å²) in [4.78, 5) is 2.38. The smallest absolute Gasteiger partial charge is 0.115 e. The molecule has 0 unspecified atom stereocenters. The topological polar surface area (TPSA) is 23.5 Å². The standard InChI is InChI=1S/C12H15NO/c1-13-7-9-2-3-10(14)6-11(9)12(8-13)4-5-12/h2-3,6,14H,4-5,7-8H2,1H3. The molecule has 0 radical (unpaired) electrons. The van der Waals surface area contributed by atoms with Crippen LogP contribution in [0.3, 0.4) is 0 Å². The molecule has 1 fully saturated rings. The maximum absolute atomic E-state index is 9.50. The number of likely N-dealkylation sites (N-methyl/N-ethyl adjacent to an activating group) is 1. The van der Waals surface area contributed by atoms with Crippen LogP contribution in [0.15, 0.2) is 18.2 Å². The lowest BCUT2D eigenvalue weighted by atomic mass is 9.87. The van der Waals surface area contributed by atoms with Gasteiger partial charge >= 0.3 is 0 Å². The van der Waals surface area contributed by atoms with Gasteiger partial charge in [0.1, 0.15) is 5.75 Å². The Morgan fingerprint density at radius 1 is 1.36 bits per heavy atom. The van der Waals surface area contributed by atoms with Crippen LogP contribution in [-0.4, -0.2) is 23.6 Å². The first-order valence-corrected chi connectivity index (χ1v) is 5.21. The molecule has 0 bridgehead atoms. The van der Waals surface area contributed by atoms with E-state index in [1.54, 1.807) is 6.07 Å². The zero-order valence-electron chi connectivity index (χ0n) is 8.45. The molecule has 1 spiro atoms. The Hall–Kier alpha value is -1.02. The van der Waals surface area contributed by atoms with Gasteiger partial charge in [0.05, 0.1) is 0 Å². The van der Waals surface area contributed by atoms with Crippen LogP contribution >= 0.6 is 0 Å². The van der Waals surface area contributed by atoms with E-state index in [4.69, 9.17) is 0 Å². The second-order valence-corrected chi connectivity index (χ2v) is 4.79. The molecule has 0 saturated heterocycles. The van der Waals surface area contributed by atoms with Crippen molar-refractivity contribution < 1.29 is 5.11 Å². The first kappa shape index (κ1) is 8.30. The molecule has 1 aliphatic carbocycles. The summed E-state index contributed by atoms with van der Waals surface area (Å²) in [6, 6.07) is 5.84. The highest BCUT2D eigenvalue weighted by molar-refractivity contribution is 5.45. The molecule has 3 rings (SSSR count). The van der Waals surface area contributed by atoms with E-state index in [9.17, 15) is 5.11 Å². The van der Waals surface area contributed by atoms with Gasteiger partial charge in [-0.1, -0.05) is 6.07 Å². The summed E-state index contributed by atoms with van der Waals surface area (Å²) in [5.41, 5.74) is 3.19. The average Bonchev–Trinajstić information content (AvgIpc) is 2.88. The van der Waals surface area contributed by atoms with Crippen LogP contribution in [-0.2, 0) is 12.0 Å². The fraction of sp³-hybridized carbons (Fsp3) is 0.500. The van der Waals surface area contributed by atoms with Gasteiger partial charge in [0.25, 0.3) is 0 Å². The average molecular weight is 189 g/mol. The van der Waals surface area contributed by atoms with Crippen molar-refractivity contribution in [1.29, 1.82) is 0 Å². The monoisotopic (exact) mass is 189 g/mol. The molecule has 1 aromatic carbocycles. The second-order valence-electron chi connectivity index (χ2n) is 4.79. The van der Waals surface area contributed by atoms with Crippen molar-refractivity contribution in [3.63, 3.8) is 0 Å². The lowest BCUT2D eigenvalue weighted by molar-refractivity contribution is 0.270. The molecule has 2 aliphatic rings. The highest BCUT2D eigenvalue weighted by Crippen LogP contribution is 2.52. The van der Waals surface area contributed by atoms with Crippen molar-refractivity contribution >= 4 is 0 Å². The van der Waals surface area contributed by atoms with Crippen molar-refractivity contribution in [3.05, 3.63) is 29.3 Å². The van der Waals surface area contributed by atoms with E-state index in [0.29, 0.717) is 11.2 Å². The van der Waals surface area contributed by atoms with E-state index in [1.165, 1.54) is 24.0 Å². The number of rotatable bonds is 0. The van der Waals surface area contributed by atoms with Crippen molar-refractivity contribution in [2.45, 2.75) is 24.8 Å². The van der Waals surface area contributed by atoms with Gasteiger partial charge in [0.2, 0.25) is 0 Å². The quantitative estimate of drug-likeness (QED) is 0.673. The molecule has 1 aromatic rings. The number of hydrogen-bond acceptors (Lipinski definition) is 2. The lowest BCUT2D eigenvalue weighted by Crippen LogP contribution is -2.34. The van der Waals surface area contributed by atoms with Crippen molar-refractivity contribution in [2.24, 2.45) is 0 Å². The van der Waals surface area contributed by atoms with E-state index in [0.717, 1.165) is 13.1 Å². The van der Waals surface area contributed by atoms with Gasteiger partial charge < -0.3 is 10.0 Å². The molecule has 0 aromatic heterocycles. The zero-order valence-corrected chi connectivity index (χ0v) is 8.45. The van der Waals surface area contributed by atoms with Crippen molar-refractivity contribution in [3.8, 4) is 5.75 Å². The molecule has 2 nitrogen and oxygen atoms in total. The predicted octanol–water partition coefficient (Wildman–Crippen LogP) is 1.87. The first-order chi connectivity index (χ1) is 6.70. The Kier molecular flexibility index (Phi) is 1.49. The van der Waals surface area contributed by atoms with Crippen LogP contribution in [0.2, 0.25) is 0 Å². The van der Waals surface area contributed by atoms with Crippen molar-refractivity contribution in [2.75, 3.05) is 13.6 Å². The summed E-state index contributed by atoms with van der Waals surface area (Å²) >= 11 is 0. The lowest BCUT2D eigenvalue weighted by Gasteiger charge is -2.32. The molecule has 2 heteroatoms. The number of hydrogen-bond donors (Lipinski definition) is 1. The normalized spacial score (nSPS) is 23.5. The van der Waals surface area contributed by atoms with Crippen LogP contribution in [0.25, 0.3) is 0 Å². The number of phenols is 1. The molecular formula is C12H15NO. The maximum atomic E-state index is 9.50. The zero-order chi connectivity index (χ0) is 9.76. The maximum Gasteiger partial charge on any atom is 0.115 e. The predicted molar refractivity (Wildman–Crippen MR) is 55.4 cm³/mol. The molecule has 0 amide bonds. The van der Waals surface area contributed by atoms with Crippen LogP contribution in [0, 0.1) is 0 Å². The number of fused-ring (bicyclic) bond motifs is 2. The Bertz CT molecular complexity index is 382. The van der Waals surface area contributed by atoms with Crippen LogP contribution in [0.1, 0.15) is 24.0 Å². The Labute approximate surface area is 84.2 Å². The van der Waals surface area contributed by atoms with E-state index in [1.807, 2.05) is 6.07 Å². The molecule has 0 atom stereocenters. The molecule has 1 N–H and O–H groups in total. The number of nitrogens with zero attached hydrogens (tertiary/aromatic N) is 1. The van der Waals surface area contributed by atoms with E-state index < -0.39 is 0 Å². The van der Waals surface area contributed by atoms with Gasteiger partial charge in [0, 0.05) is 18.5 Å². The van der Waals surface area contributed by atoms with E-state index in [-0.39, 0.29) is 0 Å². The van der Waals surface area contributed by atoms with Gasteiger partial charge in [-0.05, 0) is 43.1 Å². The third-order valence-corrected chi connectivity index (χ3v) is 3.53. The van der Waals surface area contributed by atoms with Crippen LogP contribution < -0.4 is 0 Å².